The predicted octanol–water partition coefficient (Wildman–Crippen LogP) is 4.00. The van der Waals surface area contributed by atoms with Crippen LogP contribution in [-0.2, 0) is 9.53 Å². The Kier molecular flexibility index (Phi) is 3.60. The standard InChI is InChI=1S/C15H24O2/c1-4-5-8-13-11-7-6-9-15(2,3)12(11)10-14(16)17-13/h13H,4-10H2,1-3H3. The molecule has 1 unspecified atom stereocenters. The molecule has 0 bridgehead atoms. The molecule has 1 aliphatic heterocycles. The maximum Gasteiger partial charge on any atom is 0.310 e. The van der Waals surface area contributed by atoms with Gasteiger partial charge in [-0.1, -0.05) is 32.8 Å². The number of carbonyl (C=O) groups excluding carboxylic acids is 1. The van der Waals surface area contributed by atoms with Crippen molar-refractivity contribution in [1.82, 2.24) is 0 Å². The van der Waals surface area contributed by atoms with Gasteiger partial charge in [-0.25, -0.2) is 0 Å². The van der Waals surface area contributed by atoms with Gasteiger partial charge in [-0.15, -0.1) is 0 Å². The lowest BCUT2D eigenvalue weighted by atomic mass is 9.69. The minimum Gasteiger partial charge on any atom is -0.458 e. The average Bonchev–Trinajstić information content (AvgIpc) is 2.27. The summed E-state index contributed by atoms with van der Waals surface area (Å²) in [6.07, 6.45) is 7.54. The quantitative estimate of drug-likeness (QED) is 0.547. The monoisotopic (exact) mass is 236 g/mol. The first-order valence-electron chi connectivity index (χ1n) is 6.96. The minimum absolute atomic E-state index is 0.0140. The molecule has 0 spiro atoms. The number of hydrogen-bond acceptors (Lipinski definition) is 2. The molecule has 1 heterocycles. The van der Waals surface area contributed by atoms with E-state index < -0.39 is 0 Å². The molecule has 0 aromatic rings. The van der Waals surface area contributed by atoms with Crippen LogP contribution in [0.4, 0.5) is 0 Å². The van der Waals surface area contributed by atoms with Crippen LogP contribution < -0.4 is 0 Å². The van der Waals surface area contributed by atoms with Crippen molar-refractivity contribution in [3.05, 3.63) is 11.1 Å². The fourth-order valence-electron chi connectivity index (χ4n) is 3.20. The Balaban J connectivity index is 2.26. The SMILES string of the molecule is CCCCC1OC(=O)CC2=C1CCCC2(C)C. The van der Waals surface area contributed by atoms with E-state index in [0.717, 1.165) is 19.3 Å². The van der Waals surface area contributed by atoms with Crippen LogP contribution in [0.5, 0.6) is 0 Å². The number of rotatable bonds is 3. The van der Waals surface area contributed by atoms with Crippen LogP contribution in [-0.4, -0.2) is 12.1 Å². The Morgan fingerprint density at radius 1 is 1.41 bits per heavy atom. The Bertz CT molecular complexity index is 339. The van der Waals surface area contributed by atoms with E-state index >= 15 is 0 Å². The first kappa shape index (κ1) is 12.7. The molecule has 96 valence electrons. The van der Waals surface area contributed by atoms with Gasteiger partial charge in [0.25, 0.3) is 0 Å². The van der Waals surface area contributed by atoms with Crippen molar-refractivity contribution >= 4 is 5.97 Å². The van der Waals surface area contributed by atoms with Gasteiger partial charge in [0.1, 0.15) is 6.10 Å². The zero-order chi connectivity index (χ0) is 12.5. The lowest BCUT2D eigenvalue weighted by Crippen LogP contribution is -2.34. The molecule has 0 saturated carbocycles. The second kappa shape index (κ2) is 4.83. The maximum absolute atomic E-state index is 11.7. The fourth-order valence-corrected chi connectivity index (χ4v) is 3.20. The molecular formula is C15H24O2. The second-order valence-corrected chi connectivity index (χ2v) is 6.04. The van der Waals surface area contributed by atoms with E-state index in [9.17, 15) is 4.79 Å². The van der Waals surface area contributed by atoms with Crippen molar-refractivity contribution in [2.24, 2.45) is 5.41 Å². The summed E-state index contributed by atoms with van der Waals surface area (Å²) in [6.45, 7) is 6.73. The summed E-state index contributed by atoms with van der Waals surface area (Å²) in [7, 11) is 0. The third-order valence-electron chi connectivity index (χ3n) is 4.26. The van der Waals surface area contributed by atoms with Gasteiger partial charge in [-0.3, -0.25) is 4.79 Å². The fraction of sp³-hybridized carbons (Fsp3) is 0.800. The molecule has 2 rings (SSSR count). The number of hydrogen-bond donors (Lipinski definition) is 0. The number of carbonyl (C=O) groups is 1. The van der Waals surface area contributed by atoms with Crippen LogP contribution in [0.15, 0.2) is 11.1 Å². The Morgan fingerprint density at radius 3 is 2.88 bits per heavy atom. The van der Waals surface area contributed by atoms with E-state index in [0.29, 0.717) is 6.42 Å². The summed E-state index contributed by atoms with van der Waals surface area (Å²) < 4.78 is 5.55. The van der Waals surface area contributed by atoms with Crippen LogP contribution in [0.25, 0.3) is 0 Å². The van der Waals surface area contributed by atoms with Crippen LogP contribution in [0.1, 0.15) is 65.7 Å². The van der Waals surface area contributed by atoms with Crippen molar-refractivity contribution in [3.8, 4) is 0 Å². The summed E-state index contributed by atoms with van der Waals surface area (Å²) in [5.74, 6) is -0.0140. The average molecular weight is 236 g/mol. The molecule has 2 aliphatic rings. The van der Waals surface area contributed by atoms with Crippen molar-refractivity contribution in [1.29, 1.82) is 0 Å². The Labute approximate surface area is 104 Å². The summed E-state index contributed by atoms with van der Waals surface area (Å²) in [6, 6.07) is 0. The third-order valence-corrected chi connectivity index (χ3v) is 4.26. The van der Waals surface area contributed by atoms with Crippen molar-refractivity contribution in [2.45, 2.75) is 71.8 Å². The molecule has 2 nitrogen and oxygen atoms in total. The third kappa shape index (κ3) is 2.56. The van der Waals surface area contributed by atoms with E-state index in [1.807, 2.05) is 0 Å². The zero-order valence-corrected chi connectivity index (χ0v) is 11.3. The first-order chi connectivity index (χ1) is 8.04. The zero-order valence-electron chi connectivity index (χ0n) is 11.3. The number of cyclic esters (lactones) is 1. The molecule has 2 heteroatoms. The van der Waals surface area contributed by atoms with E-state index in [2.05, 4.69) is 20.8 Å². The Hall–Kier alpha value is -0.790. The van der Waals surface area contributed by atoms with Gasteiger partial charge in [0, 0.05) is 0 Å². The molecule has 0 aromatic carbocycles. The highest BCUT2D eigenvalue weighted by molar-refractivity contribution is 5.75. The Morgan fingerprint density at radius 2 is 2.18 bits per heavy atom. The molecule has 0 aromatic heterocycles. The maximum atomic E-state index is 11.7. The van der Waals surface area contributed by atoms with Gasteiger partial charge in [-0.05, 0) is 43.1 Å². The smallest absolute Gasteiger partial charge is 0.310 e. The van der Waals surface area contributed by atoms with Crippen LogP contribution >= 0.6 is 0 Å². The van der Waals surface area contributed by atoms with E-state index in [1.54, 1.807) is 0 Å². The van der Waals surface area contributed by atoms with Crippen LogP contribution in [0.2, 0.25) is 0 Å². The molecule has 17 heavy (non-hydrogen) atoms. The molecule has 0 amide bonds. The molecule has 0 saturated heterocycles. The van der Waals surface area contributed by atoms with Crippen LogP contribution in [0.3, 0.4) is 0 Å². The summed E-state index contributed by atoms with van der Waals surface area (Å²) >= 11 is 0. The highest BCUT2D eigenvalue weighted by Crippen LogP contribution is 2.46. The van der Waals surface area contributed by atoms with Crippen molar-refractivity contribution in [3.63, 3.8) is 0 Å². The molecule has 0 radical (unpaired) electrons. The van der Waals surface area contributed by atoms with Gasteiger partial charge < -0.3 is 4.74 Å². The summed E-state index contributed by atoms with van der Waals surface area (Å²) in [5.41, 5.74) is 3.05. The van der Waals surface area contributed by atoms with Gasteiger partial charge in [0.15, 0.2) is 0 Å². The second-order valence-electron chi connectivity index (χ2n) is 6.04. The van der Waals surface area contributed by atoms with E-state index in [1.165, 1.54) is 30.4 Å². The number of ether oxygens (including phenoxy) is 1. The summed E-state index contributed by atoms with van der Waals surface area (Å²) in [5, 5.41) is 0. The minimum atomic E-state index is -0.0140. The van der Waals surface area contributed by atoms with E-state index in [-0.39, 0.29) is 17.5 Å². The lowest BCUT2D eigenvalue weighted by Gasteiger charge is -2.40. The first-order valence-corrected chi connectivity index (χ1v) is 6.96. The van der Waals surface area contributed by atoms with E-state index in [4.69, 9.17) is 4.74 Å². The largest absolute Gasteiger partial charge is 0.458 e. The van der Waals surface area contributed by atoms with Crippen LogP contribution in [0, 0.1) is 5.41 Å². The molecule has 0 N–H and O–H groups in total. The molecule has 1 aliphatic carbocycles. The number of unbranched alkanes of at least 4 members (excludes halogenated alkanes) is 1. The highest BCUT2D eigenvalue weighted by Gasteiger charge is 2.38. The number of esters is 1. The predicted molar refractivity (Wildman–Crippen MR) is 68.7 cm³/mol. The topological polar surface area (TPSA) is 26.3 Å². The molecule has 1 atom stereocenters. The van der Waals surface area contributed by atoms with Crippen molar-refractivity contribution in [2.75, 3.05) is 0 Å². The summed E-state index contributed by atoms with van der Waals surface area (Å²) in [4.78, 5) is 11.7. The molecule has 0 fully saturated rings. The van der Waals surface area contributed by atoms with Crippen molar-refractivity contribution < 1.29 is 9.53 Å². The van der Waals surface area contributed by atoms with Gasteiger partial charge >= 0.3 is 5.97 Å². The lowest BCUT2D eigenvalue weighted by molar-refractivity contribution is -0.149. The van der Waals surface area contributed by atoms with Gasteiger partial charge in [0.2, 0.25) is 0 Å². The highest BCUT2D eigenvalue weighted by atomic mass is 16.5. The van der Waals surface area contributed by atoms with Gasteiger partial charge in [-0.2, -0.15) is 0 Å². The normalized spacial score (nSPS) is 27.7. The molecular weight excluding hydrogens is 212 g/mol. The van der Waals surface area contributed by atoms with Gasteiger partial charge in [0.05, 0.1) is 6.42 Å².